The molecule has 0 bridgehead atoms. The zero-order valence-corrected chi connectivity index (χ0v) is 6.44. The van der Waals surface area contributed by atoms with E-state index in [2.05, 4.69) is 4.74 Å². The monoisotopic (exact) mass is 152 g/mol. The maximum Gasteiger partial charge on any atom is 0.271 e. The molecule has 0 aliphatic carbocycles. The zero-order chi connectivity index (χ0) is 5.70. The van der Waals surface area contributed by atoms with Gasteiger partial charge in [0.1, 0.15) is 0 Å². The molecular formula is C5H9O2V-. The Labute approximate surface area is 61.5 Å². The molecule has 0 saturated carbocycles. The van der Waals surface area contributed by atoms with Crippen molar-refractivity contribution < 1.29 is 28.1 Å². The standard InChI is InChI=1S/C5H9O2.V/c1-3-4-7-5(2)6;/h4H,3H2,1-2H3;/q-1;. The molecule has 1 radical (unpaired) electrons. The van der Waals surface area contributed by atoms with Crippen molar-refractivity contribution >= 4 is 5.97 Å². The summed E-state index contributed by atoms with van der Waals surface area (Å²) in [7, 11) is 0. The van der Waals surface area contributed by atoms with Gasteiger partial charge in [0.05, 0.1) is 0 Å². The van der Waals surface area contributed by atoms with Gasteiger partial charge < -0.3 is 4.74 Å². The molecule has 0 rings (SSSR count). The molecule has 0 aromatic carbocycles. The third-order valence-electron chi connectivity index (χ3n) is 0.416. The van der Waals surface area contributed by atoms with Gasteiger partial charge in [-0.25, -0.2) is 0 Å². The third kappa shape index (κ3) is 9.41. The fourth-order valence-corrected chi connectivity index (χ4v) is 0.201. The van der Waals surface area contributed by atoms with Crippen LogP contribution in [0.1, 0.15) is 20.3 Å². The molecule has 0 fully saturated rings. The molecule has 0 spiro atoms. The molecule has 8 heavy (non-hydrogen) atoms. The fourth-order valence-electron chi connectivity index (χ4n) is 0.201. The van der Waals surface area contributed by atoms with Crippen LogP contribution in [0.3, 0.4) is 0 Å². The van der Waals surface area contributed by atoms with E-state index in [0.717, 1.165) is 6.42 Å². The van der Waals surface area contributed by atoms with Crippen molar-refractivity contribution in [3.05, 3.63) is 6.61 Å². The van der Waals surface area contributed by atoms with E-state index in [1.807, 2.05) is 6.92 Å². The summed E-state index contributed by atoms with van der Waals surface area (Å²) in [6.45, 7) is 4.76. The van der Waals surface area contributed by atoms with Crippen molar-refractivity contribution in [2.24, 2.45) is 0 Å². The Bertz CT molecular complexity index is 63.4. The Hall–Kier alpha value is 0.0544. The summed E-state index contributed by atoms with van der Waals surface area (Å²) in [4.78, 5) is 9.95. The average molecular weight is 152 g/mol. The van der Waals surface area contributed by atoms with E-state index in [9.17, 15) is 4.79 Å². The van der Waals surface area contributed by atoms with Crippen LogP contribution in [-0.4, -0.2) is 5.97 Å². The molecule has 0 N–H and O–H groups in total. The SMILES string of the molecule is CC[CH-]OC(C)=O.[V]. The Kier molecular flexibility index (Phi) is 9.64. The van der Waals surface area contributed by atoms with Crippen LogP contribution in [0, 0.1) is 6.61 Å². The van der Waals surface area contributed by atoms with Crippen molar-refractivity contribution in [2.45, 2.75) is 20.3 Å². The second-order valence-electron chi connectivity index (χ2n) is 1.18. The van der Waals surface area contributed by atoms with Crippen LogP contribution in [0.4, 0.5) is 0 Å². The summed E-state index contributed by atoms with van der Waals surface area (Å²) >= 11 is 0. The van der Waals surface area contributed by atoms with Gasteiger partial charge in [0, 0.05) is 25.5 Å². The Morgan fingerprint density at radius 2 is 2.25 bits per heavy atom. The molecule has 0 atom stereocenters. The van der Waals surface area contributed by atoms with Gasteiger partial charge in [-0.1, -0.05) is 6.92 Å². The molecule has 0 aliphatic heterocycles. The molecular weight excluding hydrogens is 143 g/mol. The van der Waals surface area contributed by atoms with Crippen molar-refractivity contribution in [3.8, 4) is 0 Å². The Morgan fingerprint density at radius 3 is 2.38 bits per heavy atom. The molecule has 0 aliphatic rings. The average Bonchev–Trinajstić information content (AvgIpc) is 1.61. The van der Waals surface area contributed by atoms with Gasteiger partial charge in [0.2, 0.25) is 0 Å². The molecule has 0 saturated heterocycles. The fraction of sp³-hybridized carbons (Fsp3) is 0.600. The number of carbonyl (C=O) groups excluding carboxylic acids is 1. The van der Waals surface area contributed by atoms with Gasteiger partial charge in [0.25, 0.3) is 5.97 Å². The van der Waals surface area contributed by atoms with Crippen LogP contribution in [0.2, 0.25) is 0 Å². The van der Waals surface area contributed by atoms with Crippen LogP contribution >= 0.6 is 0 Å². The molecule has 0 aromatic rings. The summed E-state index contributed by atoms with van der Waals surface area (Å²) in [5, 5.41) is 0. The number of ether oxygens (including phenoxy) is 1. The molecule has 0 aromatic heterocycles. The van der Waals surface area contributed by atoms with Crippen molar-refractivity contribution in [2.75, 3.05) is 0 Å². The van der Waals surface area contributed by atoms with Crippen LogP contribution in [0.15, 0.2) is 0 Å². The topological polar surface area (TPSA) is 26.3 Å². The predicted molar refractivity (Wildman–Crippen MR) is 26.4 cm³/mol. The van der Waals surface area contributed by atoms with Crippen LogP contribution in [0.5, 0.6) is 0 Å². The largest absolute Gasteiger partial charge is 0.637 e. The molecule has 3 heteroatoms. The maximum absolute atomic E-state index is 9.95. The summed E-state index contributed by atoms with van der Waals surface area (Å²) in [5.41, 5.74) is 0. The summed E-state index contributed by atoms with van der Waals surface area (Å²) < 4.78 is 4.43. The molecule has 0 unspecified atom stereocenters. The van der Waals surface area contributed by atoms with Gasteiger partial charge in [-0.15, -0.1) is 6.42 Å². The second-order valence-corrected chi connectivity index (χ2v) is 1.18. The summed E-state index contributed by atoms with van der Waals surface area (Å²) in [5.74, 6) is -0.248. The van der Waals surface area contributed by atoms with Gasteiger partial charge in [-0.2, -0.15) is 6.61 Å². The Morgan fingerprint density at radius 1 is 1.75 bits per heavy atom. The van der Waals surface area contributed by atoms with Crippen molar-refractivity contribution in [1.82, 2.24) is 0 Å². The maximum atomic E-state index is 9.95. The van der Waals surface area contributed by atoms with E-state index in [4.69, 9.17) is 0 Å². The predicted octanol–water partition coefficient (Wildman–Crippen LogP) is 1.12. The first-order valence-corrected chi connectivity index (χ1v) is 2.26. The van der Waals surface area contributed by atoms with Gasteiger partial charge >= 0.3 is 0 Å². The number of hydrogen-bond donors (Lipinski definition) is 0. The van der Waals surface area contributed by atoms with Crippen LogP contribution in [0.25, 0.3) is 0 Å². The van der Waals surface area contributed by atoms with E-state index < -0.39 is 0 Å². The van der Waals surface area contributed by atoms with Gasteiger partial charge in [-0.3, -0.25) is 4.79 Å². The second kappa shape index (κ2) is 7.05. The first kappa shape index (κ1) is 10.9. The number of esters is 1. The number of rotatable bonds is 2. The number of carbonyl (C=O) groups is 1. The van der Waals surface area contributed by atoms with E-state index in [1.165, 1.54) is 13.5 Å². The third-order valence-corrected chi connectivity index (χ3v) is 0.416. The number of hydrogen-bond acceptors (Lipinski definition) is 2. The normalized spacial score (nSPS) is 7.25. The first-order valence-electron chi connectivity index (χ1n) is 2.26. The van der Waals surface area contributed by atoms with E-state index in [-0.39, 0.29) is 24.5 Å². The van der Waals surface area contributed by atoms with Gasteiger partial charge in [0.15, 0.2) is 0 Å². The minimum atomic E-state index is -0.248. The quantitative estimate of drug-likeness (QED) is 0.437. The minimum Gasteiger partial charge on any atom is -0.637 e. The molecule has 47 valence electrons. The zero-order valence-electron chi connectivity index (χ0n) is 5.05. The molecule has 2 nitrogen and oxygen atoms in total. The van der Waals surface area contributed by atoms with Crippen molar-refractivity contribution in [1.29, 1.82) is 0 Å². The van der Waals surface area contributed by atoms with Gasteiger partial charge in [-0.05, 0) is 0 Å². The van der Waals surface area contributed by atoms with Crippen LogP contribution < -0.4 is 0 Å². The Balaban J connectivity index is 0. The van der Waals surface area contributed by atoms with E-state index in [1.54, 1.807) is 0 Å². The van der Waals surface area contributed by atoms with Crippen molar-refractivity contribution in [3.63, 3.8) is 0 Å². The smallest absolute Gasteiger partial charge is 0.271 e. The summed E-state index contributed by atoms with van der Waals surface area (Å²) in [6.07, 6.45) is 0.777. The first-order chi connectivity index (χ1) is 3.27. The van der Waals surface area contributed by atoms with E-state index in [0.29, 0.717) is 0 Å². The molecule has 0 amide bonds. The minimum absolute atomic E-state index is 0. The summed E-state index contributed by atoms with van der Waals surface area (Å²) in [6, 6.07) is 0. The molecule has 0 heterocycles. The van der Waals surface area contributed by atoms with E-state index >= 15 is 0 Å². The van der Waals surface area contributed by atoms with Crippen LogP contribution in [-0.2, 0) is 28.1 Å².